The third-order valence-electron chi connectivity index (χ3n) is 3.80. The van der Waals surface area contributed by atoms with Gasteiger partial charge in [0.15, 0.2) is 0 Å². The van der Waals surface area contributed by atoms with Crippen LogP contribution in [0.1, 0.15) is 40.0 Å². The van der Waals surface area contributed by atoms with Crippen LogP contribution in [0.3, 0.4) is 0 Å². The van der Waals surface area contributed by atoms with Crippen LogP contribution >= 0.6 is 0 Å². The third kappa shape index (κ3) is 4.94. The molecule has 0 spiro atoms. The van der Waals surface area contributed by atoms with Crippen LogP contribution in [0.2, 0.25) is 0 Å². The average Bonchev–Trinajstić information content (AvgIpc) is 2.36. The summed E-state index contributed by atoms with van der Waals surface area (Å²) < 4.78 is 0. The highest BCUT2D eigenvalue weighted by atomic mass is 16.2. The lowest BCUT2D eigenvalue weighted by molar-refractivity contribution is -0.132. The first-order valence-corrected chi connectivity index (χ1v) is 7.26. The van der Waals surface area contributed by atoms with Crippen molar-refractivity contribution in [2.75, 3.05) is 33.2 Å². The van der Waals surface area contributed by atoms with Crippen LogP contribution in [0, 0.1) is 0 Å². The Morgan fingerprint density at radius 3 is 2.50 bits per heavy atom. The molecule has 0 radical (unpaired) electrons. The quantitative estimate of drug-likeness (QED) is 0.777. The Balaban J connectivity index is 2.25. The van der Waals surface area contributed by atoms with E-state index in [1.165, 1.54) is 19.3 Å². The Morgan fingerprint density at radius 1 is 1.39 bits per heavy atom. The van der Waals surface area contributed by atoms with Crippen molar-refractivity contribution in [1.29, 1.82) is 0 Å². The van der Waals surface area contributed by atoms with Gasteiger partial charge in [-0.1, -0.05) is 6.92 Å². The smallest absolute Gasteiger partial charge is 0.236 e. The van der Waals surface area contributed by atoms with Gasteiger partial charge in [-0.2, -0.15) is 0 Å². The first-order valence-electron chi connectivity index (χ1n) is 7.26. The fourth-order valence-electron chi connectivity index (χ4n) is 2.23. The highest BCUT2D eigenvalue weighted by Gasteiger charge is 2.22. The summed E-state index contributed by atoms with van der Waals surface area (Å²) in [5.74, 6) is 0.241. The maximum absolute atomic E-state index is 12.0. The molecular formula is C14H29N3O. The van der Waals surface area contributed by atoms with Crippen LogP contribution in [0.5, 0.6) is 0 Å². The minimum Gasteiger partial charge on any atom is -0.342 e. The number of piperidine rings is 1. The number of likely N-dealkylation sites (tertiary alicyclic amines) is 1. The summed E-state index contributed by atoms with van der Waals surface area (Å²) >= 11 is 0. The van der Waals surface area contributed by atoms with Gasteiger partial charge in [-0.25, -0.2) is 0 Å². The van der Waals surface area contributed by atoms with Crippen LogP contribution in [0.4, 0.5) is 0 Å². The van der Waals surface area contributed by atoms with Gasteiger partial charge in [-0.05, 0) is 39.7 Å². The maximum Gasteiger partial charge on any atom is 0.236 e. The zero-order chi connectivity index (χ0) is 13.5. The number of nitrogens with one attached hydrogen (secondary N) is 1. The van der Waals surface area contributed by atoms with Crippen molar-refractivity contribution < 1.29 is 4.79 Å². The molecule has 106 valence electrons. The van der Waals surface area contributed by atoms with Crippen molar-refractivity contribution in [3.63, 3.8) is 0 Å². The lowest BCUT2D eigenvalue weighted by atomic mass is 10.0. The molecular weight excluding hydrogens is 226 g/mol. The normalized spacial score (nSPS) is 18.3. The summed E-state index contributed by atoms with van der Waals surface area (Å²) in [5.41, 5.74) is 0. The number of carbonyl (C=O) groups excluding carboxylic acids is 1. The number of likely N-dealkylation sites (N-methyl/N-ethyl adjacent to an activating group) is 1. The molecule has 0 aromatic rings. The van der Waals surface area contributed by atoms with Crippen molar-refractivity contribution in [3.8, 4) is 0 Å². The lowest BCUT2D eigenvalue weighted by Crippen LogP contribution is -2.47. The molecule has 4 heteroatoms. The molecule has 4 nitrogen and oxygen atoms in total. The van der Waals surface area contributed by atoms with Gasteiger partial charge >= 0.3 is 0 Å². The second-order valence-electron chi connectivity index (χ2n) is 5.60. The predicted molar refractivity (Wildman–Crippen MR) is 75.7 cm³/mol. The summed E-state index contributed by atoms with van der Waals surface area (Å²) in [4.78, 5) is 16.1. The summed E-state index contributed by atoms with van der Waals surface area (Å²) in [6, 6.07) is 0.945. The molecule has 0 bridgehead atoms. The third-order valence-corrected chi connectivity index (χ3v) is 3.80. The van der Waals surface area contributed by atoms with Crippen LogP contribution < -0.4 is 5.32 Å². The molecule has 0 aromatic carbocycles. The van der Waals surface area contributed by atoms with Crippen molar-refractivity contribution in [3.05, 3.63) is 0 Å². The molecule has 1 N–H and O–H groups in total. The first-order chi connectivity index (χ1) is 8.54. The Kier molecular flexibility index (Phi) is 6.65. The van der Waals surface area contributed by atoms with E-state index in [9.17, 15) is 4.79 Å². The summed E-state index contributed by atoms with van der Waals surface area (Å²) in [7, 11) is 1.89. The zero-order valence-electron chi connectivity index (χ0n) is 12.4. The zero-order valence-corrected chi connectivity index (χ0v) is 12.4. The molecule has 0 saturated carbocycles. The number of rotatable bonds is 6. The highest BCUT2D eigenvalue weighted by Crippen LogP contribution is 2.10. The molecule has 0 atom stereocenters. The van der Waals surface area contributed by atoms with Crippen LogP contribution in [-0.2, 0) is 4.79 Å². The predicted octanol–water partition coefficient (Wildman–Crippen LogP) is 1.32. The van der Waals surface area contributed by atoms with Gasteiger partial charge in [0, 0.05) is 32.2 Å². The standard InChI is InChI=1S/C14H29N3O/c1-5-8-15-13-6-9-17(10-7-13)11-14(18)16(4)12(2)3/h12-13,15H,5-11H2,1-4H3. The fraction of sp³-hybridized carbons (Fsp3) is 0.929. The van der Waals surface area contributed by atoms with E-state index >= 15 is 0 Å². The Morgan fingerprint density at radius 2 is 2.00 bits per heavy atom. The van der Waals surface area contributed by atoms with Gasteiger partial charge in [0.1, 0.15) is 0 Å². The van der Waals surface area contributed by atoms with Gasteiger partial charge in [0.2, 0.25) is 5.91 Å². The largest absolute Gasteiger partial charge is 0.342 e. The summed E-state index contributed by atoms with van der Waals surface area (Å²) in [6.45, 7) is 10.1. The molecule has 0 unspecified atom stereocenters. The van der Waals surface area contributed by atoms with E-state index in [2.05, 4.69) is 31.0 Å². The molecule has 0 aromatic heterocycles. The average molecular weight is 255 g/mol. The van der Waals surface area contributed by atoms with E-state index in [1.807, 2.05) is 11.9 Å². The topological polar surface area (TPSA) is 35.6 Å². The van der Waals surface area contributed by atoms with Crippen molar-refractivity contribution in [2.45, 2.75) is 52.1 Å². The molecule has 0 aliphatic carbocycles. The van der Waals surface area contributed by atoms with Gasteiger partial charge in [-0.15, -0.1) is 0 Å². The van der Waals surface area contributed by atoms with Crippen LogP contribution in [-0.4, -0.2) is 61.0 Å². The lowest BCUT2D eigenvalue weighted by Gasteiger charge is -2.33. The molecule has 1 amide bonds. The van der Waals surface area contributed by atoms with Gasteiger partial charge in [-0.3, -0.25) is 9.69 Å². The summed E-state index contributed by atoms with van der Waals surface area (Å²) in [6.07, 6.45) is 3.52. The van der Waals surface area contributed by atoms with E-state index in [1.54, 1.807) is 0 Å². The monoisotopic (exact) mass is 255 g/mol. The van der Waals surface area contributed by atoms with E-state index < -0.39 is 0 Å². The second kappa shape index (κ2) is 7.74. The minimum atomic E-state index is 0.241. The number of amides is 1. The number of nitrogens with zero attached hydrogens (tertiary/aromatic N) is 2. The van der Waals surface area contributed by atoms with Crippen molar-refractivity contribution >= 4 is 5.91 Å². The number of hydrogen-bond donors (Lipinski definition) is 1. The molecule has 1 fully saturated rings. The highest BCUT2D eigenvalue weighted by molar-refractivity contribution is 5.78. The summed E-state index contributed by atoms with van der Waals surface area (Å²) in [5, 5.41) is 3.56. The van der Waals surface area contributed by atoms with Crippen LogP contribution in [0.25, 0.3) is 0 Å². The molecule has 1 aliphatic rings. The molecule has 1 heterocycles. The SMILES string of the molecule is CCCNC1CCN(CC(=O)N(C)C(C)C)CC1. The van der Waals surface area contributed by atoms with E-state index in [0.29, 0.717) is 18.6 Å². The molecule has 1 saturated heterocycles. The Bertz CT molecular complexity index is 247. The van der Waals surface area contributed by atoms with E-state index in [4.69, 9.17) is 0 Å². The Labute approximate surface area is 112 Å². The number of carbonyl (C=O) groups is 1. The maximum atomic E-state index is 12.0. The van der Waals surface area contributed by atoms with E-state index in [0.717, 1.165) is 19.6 Å². The number of hydrogen-bond acceptors (Lipinski definition) is 3. The van der Waals surface area contributed by atoms with E-state index in [-0.39, 0.29) is 5.91 Å². The first kappa shape index (κ1) is 15.4. The Hall–Kier alpha value is -0.610. The van der Waals surface area contributed by atoms with Crippen LogP contribution in [0.15, 0.2) is 0 Å². The molecule has 1 aliphatic heterocycles. The van der Waals surface area contributed by atoms with Crippen molar-refractivity contribution in [1.82, 2.24) is 15.1 Å². The van der Waals surface area contributed by atoms with Gasteiger partial charge in [0.05, 0.1) is 6.54 Å². The fourth-order valence-corrected chi connectivity index (χ4v) is 2.23. The molecule has 18 heavy (non-hydrogen) atoms. The minimum absolute atomic E-state index is 0.241. The second-order valence-corrected chi connectivity index (χ2v) is 5.60. The van der Waals surface area contributed by atoms with Gasteiger partial charge < -0.3 is 10.2 Å². The van der Waals surface area contributed by atoms with Gasteiger partial charge in [0.25, 0.3) is 0 Å². The molecule has 1 rings (SSSR count). The van der Waals surface area contributed by atoms with Crippen molar-refractivity contribution in [2.24, 2.45) is 0 Å².